The molecule has 0 radical (unpaired) electrons. The summed E-state index contributed by atoms with van der Waals surface area (Å²) in [5.41, 5.74) is -0.404. The summed E-state index contributed by atoms with van der Waals surface area (Å²) >= 11 is 0. The lowest BCUT2D eigenvalue weighted by atomic mass is 10.0. The zero-order valence-electron chi connectivity index (χ0n) is 13.6. The molecular weight excluding hydrogens is 344 g/mol. The molecule has 2 N–H and O–H groups in total. The number of carbonyl (C=O) groups is 1. The number of rotatable bonds is 5. The third-order valence-electron chi connectivity index (χ3n) is 3.70. The van der Waals surface area contributed by atoms with Crippen LogP contribution in [0.2, 0.25) is 0 Å². The van der Waals surface area contributed by atoms with Gasteiger partial charge >= 0.3 is 5.97 Å². The van der Waals surface area contributed by atoms with E-state index >= 15 is 0 Å². The summed E-state index contributed by atoms with van der Waals surface area (Å²) in [6, 6.07) is 10.7. The Morgan fingerprint density at radius 1 is 1.19 bits per heavy atom. The molecule has 3 aromatic rings. The van der Waals surface area contributed by atoms with Gasteiger partial charge in [0.05, 0.1) is 6.61 Å². The lowest BCUT2D eigenvalue weighted by Crippen LogP contribution is -2.13. The van der Waals surface area contributed by atoms with Gasteiger partial charge in [0, 0.05) is 16.6 Å². The van der Waals surface area contributed by atoms with E-state index in [1.165, 1.54) is 0 Å². The number of ether oxygens (including phenoxy) is 1. The number of carbonyl (C=O) groups excluding carboxylic acids is 1. The molecule has 0 spiro atoms. The summed E-state index contributed by atoms with van der Waals surface area (Å²) in [5.74, 6) is -0.623. The monoisotopic (exact) mass is 358 g/mol. The molecule has 136 valence electrons. The van der Waals surface area contributed by atoms with Crippen LogP contribution in [0, 0.1) is 10.4 Å². The average molecular weight is 358 g/mol. The Hall–Kier alpha value is -3.11. The molecule has 26 heavy (non-hydrogen) atoms. The lowest BCUT2D eigenvalue weighted by Gasteiger charge is -2.37. The summed E-state index contributed by atoms with van der Waals surface area (Å²) in [4.78, 5) is 12.5. The highest BCUT2D eigenvalue weighted by molar-refractivity contribution is 6.12. The van der Waals surface area contributed by atoms with Gasteiger partial charge in [0.1, 0.15) is 17.0 Å². The molecule has 0 atom stereocenters. The third-order valence-corrected chi connectivity index (χ3v) is 3.70. The van der Waals surface area contributed by atoms with E-state index in [2.05, 4.69) is 0 Å². The zero-order valence-corrected chi connectivity index (χ0v) is 13.6. The van der Waals surface area contributed by atoms with Crippen molar-refractivity contribution >= 4 is 28.3 Å². The first kappa shape index (κ1) is 17.7. The van der Waals surface area contributed by atoms with Gasteiger partial charge < -0.3 is 24.8 Å². The van der Waals surface area contributed by atoms with Gasteiger partial charge in [-0.15, -0.1) is 5.23 Å². The van der Waals surface area contributed by atoms with Gasteiger partial charge in [0.2, 0.25) is 0 Å². The average Bonchev–Trinajstić information content (AvgIpc) is 3.01. The number of anilines is 2. The van der Waals surface area contributed by atoms with E-state index in [0.717, 1.165) is 12.1 Å². The highest BCUT2D eigenvalue weighted by atomic mass is 16.8. The molecule has 0 unspecified atom stereocenters. The van der Waals surface area contributed by atoms with Crippen LogP contribution in [-0.2, 0) is 4.74 Å². The molecule has 0 amide bonds. The fraction of sp³-hybridized carbons (Fsp3) is 0.118. The van der Waals surface area contributed by atoms with Crippen molar-refractivity contribution in [2.75, 3.05) is 17.1 Å². The summed E-state index contributed by atoms with van der Waals surface area (Å²) in [6.45, 7) is 1.72. The fourth-order valence-corrected chi connectivity index (χ4v) is 2.62. The predicted molar refractivity (Wildman–Crippen MR) is 92.9 cm³/mol. The maximum Gasteiger partial charge on any atom is 0.342 e. The van der Waals surface area contributed by atoms with Gasteiger partial charge in [-0.3, -0.25) is 10.4 Å². The molecule has 9 heteroatoms. The lowest BCUT2D eigenvalue weighted by molar-refractivity contribution is 0.0295. The van der Waals surface area contributed by atoms with Crippen LogP contribution in [-0.4, -0.2) is 23.0 Å². The fourth-order valence-electron chi connectivity index (χ4n) is 2.62. The maximum absolute atomic E-state index is 12.5. The van der Waals surface area contributed by atoms with Gasteiger partial charge in [-0.25, -0.2) is 4.79 Å². The number of hydrogen-bond acceptors (Lipinski definition) is 9. The van der Waals surface area contributed by atoms with Gasteiger partial charge in [0.15, 0.2) is 5.58 Å². The molecule has 3 rings (SSSR count). The number of benzene rings is 2. The predicted octanol–water partition coefficient (Wildman–Crippen LogP) is 3.66. The standard InChI is InChI=1S/C17H14N2O7/c1-2-25-17(20)14-12-8-11(18(21)22)9-13(19(23)24)16(12)26-15(14)10-6-4-3-5-7-10/h3-9,23-24H,2H2,1H3/q-2. The molecule has 1 heterocycles. The van der Waals surface area contributed by atoms with Crippen LogP contribution in [0.3, 0.4) is 0 Å². The van der Waals surface area contributed by atoms with Crippen molar-refractivity contribution in [2.24, 2.45) is 0 Å². The van der Waals surface area contributed by atoms with Crippen LogP contribution >= 0.6 is 0 Å². The van der Waals surface area contributed by atoms with Crippen LogP contribution in [0.4, 0.5) is 11.4 Å². The maximum atomic E-state index is 12.5. The minimum Gasteiger partial charge on any atom is -0.769 e. The van der Waals surface area contributed by atoms with Crippen molar-refractivity contribution in [1.29, 1.82) is 0 Å². The molecule has 0 saturated carbocycles. The first-order chi connectivity index (χ1) is 12.4. The van der Waals surface area contributed by atoms with Crippen LogP contribution in [0.25, 0.3) is 22.3 Å². The second-order valence-electron chi connectivity index (χ2n) is 5.28. The number of esters is 1. The summed E-state index contributed by atoms with van der Waals surface area (Å²) in [5, 5.41) is 40.3. The summed E-state index contributed by atoms with van der Waals surface area (Å²) < 4.78 is 10.7. The van der Waals surface area contributed by atoms with Crippen LogP contribution in [0.15, 0.2) is 46.9 Å². The van der Waals surface area contributed by atoms with E-state index in [1.807, 2.05) is 0 Å². The van der Waals surface area contributed by atoms with Crippen molar-refractivity contribution in [1.82, 2.24) is 0 Å². The van der Waals surface area contributed by atoms with Gasteiger partial charge in [-0.05, 0) is 19.1 Å². The van der Waals surface area contributed by atoms with Crippen LogP contribution < -0.4 is 10.5 Å². The van der Waals surface area contributed by atoms with E-state index < -0.39 is 16.9 Å². The molecule has 0 aliphatic carbocycles. The molecular formula is C17H14N2O7-2. The zero-order chi connectivity index (χ0) is 18.8. The third kappa shape index (κ3) is 3.07. The first-order valence-corrected chi connectivity index (χ1v) is 7.59. The minimum absolute atomic E-state index is 0.0279. The van der Waals surface area contributed by atoms with Gasteiger partial charge in [0.25, 0.3) is 0 Å². The molecule has 0 saturated heterocycles. The van der Waals surface area contributed by atoms with Gasteiger partial charge in [-0.1, -0.05) is 30.3 Å². The molecule has 9 nitrogen and oxygen atoms in total. The van der Waals surface area contributed by atoms with Crippen LogP contribution in [0.5, 0.6) is 0 Å². The second kappa shape index (κ2) is 7.02. The van der Waals surface area contributed by atoms with Crippen LogP contribution in [0.1, 0.15) is 17.3 Å². The molecule has 0 aliphatic rings. The van der Waals surface area contributed by atoms with E-state index in [1.54, 1.807) is 37.3 Å². The topological polar surface area (TPSA) is 132 Å². The minimum atomic E-state index is -0.737. The quantitative estimate of drug-likeness (QED) is 0.517. The SMILES string of the molecule is CCOC(=O)c1c(-c2ccccc2)oc2c(N(O)O)cc(N([O-])[O-])cc12. The summed E-state index contributed by atoms with van der Waals surface area (Å²) in [6.07, 6.45) is 0. The van der Waals surface area contributed by atoms with Crippen molar-refractivity contribution in [3.05, 3.63) is 58.4 Å². The smallest absolute Gasteiger partial charge is 0.342 e. The Kier molecular flexibility index (Phi) is 4.78. The Balaban J connectivity index is 2.38. The van der Waals surface area contributed by atoms with Crippen molar-refractivity contribution in [3.8, 4) is 11.3 Å². The van der Waals surface area contributed by atoms with Crippen molar-refractivity contribution in [2.45, 2.75) is 6.92 Å². The normalized spacial score (nSPS) is 10.8. The Morgan fingerprint density at radius 3 is 2.46 bits per heavy atom. The van der Waals surface area contributed by atoms with Crippen molar-refractivity contribution < 1.29 is 24.4 Å². The van der Waals surface area contributed by atoms with E-state index in [9.17, 15) is 25.6 Å². The van der Waals surface area contributed by atoms with E-state index in [4.69, 9.17) is 9.15 Å². The Labute approximate surface area is 147 Å². The molecule has 1 aromatic heterocycles. The summed E-state index contributed by atoms with van der Waals surface area (Å²) in [7, 11) is 0. The molecule has 2 aromatic carbocycles. The van der Waals surface area contributed by atoms with E-state index in [-0.39, 0.29) is 39.8 Å². The first-order valence-electron chi connectivity index (χ1n) is 7.59. The molecule has 0 bridgehead atoms. The molecule has 0 fully saturated rings. The van der Waals surface area contributed by atoms with Gasteiger partial charge in [-0.2, -0.15) is 0 Å². The number of nitrogens with zero attached hydrogens (tertiary/aromatic N) is 2. The highest BCUT2D eigenvalue weighted by Gasteiger charge is 2.26. The highest BCUT2D eigenvalue weighted by Crippen LogP contribution is 2.40. The van der Waals surface area contributed by atoms with Crippen molar-refractivity contribution in [3.63, 3.8) is 0 Å². The van der Waals surface area contributed by atoms with E-state index in [0.29, 0.717) is 5.56 Å². The largest absolute Gasteiger partial charge is 0.769 e. The Morgan fingerprint density at radius 2 is 1.88 bits per heavy atom. The number of fused-ring (bicyclic) bond motifs is 1. The Bertz CT molecular complexity index is 935. The number of furan rings is 1. The molecule has 0 aliphatic heterocycles. The second-order valence-corrected chi connectivity index (χ2v) is 5.28. The number of hydrogen-bond donors (Lipinski definition) is 2.